The smallest absolute Gasteiger partial charge is 0.0541 e. The summed E-state index contributed by atoms with van der Waals surface area (Å²) in [7, 11) is 0. The molecule has 1 unspecified atom stereocenters. The first-order chi connectivity index (χ1) is 14.1. The third-order valence-corrected chi connectivity index (χ3v) is 6.12. The fourth-order valence-corrected chi connectivity index (χ4v) is 4.66. The number of aromatic nitrogens is 1. The summed E-state index contributed by atoms with van der Waals surface area (Å²) < 4.78 is 26.4. The second-order valence-electron chi connectivity index (χ2n) is 7.10. The Morgan fingerprint density at radius 3 is 1.93 bits per heavy atom. The van der Waals surface area contributed by atoms with Crippen molar-refractivity contribution >= 4 is 32.9 Å². The van der Waals surface area contributed by atoms with Crippen molar-refractivity contribution in [2.24, 2.45) is 0 Å². The summed E-state index contributed by atoms with van der Waals surface area (Å²) in [6, 6.07) is 29.9. The predicted molar refractivity (Wildman–Crippen MR) is 118 cm³/mol. The molecule has 4 aromatic carbocycles. The van der Waals surface area contributed by atoms with Crippen molar-refractivity contribution in [3.05, 3.63) is 96.6 Å². The van der Waals surface area contributed by atoms with Gasteiger partial charge in [-0.1, -0.05) is 66.7 Å². The molecule has 0 radical (unpaired) electrons. The van der Waals surface area contributed by atoms with Crippen molar-refractivity contribution in [2.45, 2.75) is 11.8 Å². The first-order valence-corrected chi connectivity index (χ1v) is 10.5. The minimum absolute atomic E-state index is 0.304. The lowest BCUT2D eigenvalue weighted by atomic mass is 10.0. The molecule has 5 rings (SSSR count). The number of fused-ring (bicyclic) bond motifs is 3. The molecule has 1 atom stereocenters. The Kier molecular flexibility index (Phi) is 4.31. The zero-order valence-electron chi connectivity index (χ0n) is 15.8. The standard InChI is InChI=1S/C25H19NO2S/c1-17-8-2-3-9-19(17)22-15-14-18(16-25(22)29(27)28)26-23-12-6-4-10-20(23)21-11-5-7-13-24(21)26/h2-16H,1H3,(H,27,28)/p-1. The second-order valence-corrected chi connectivity index (χ2v) is 8.01. The number of hydrogen-bond donors (Lipinski definition) is 0. The van der Waals surface area contributed by atoms with E-state index in [4.69, 9.17) is 0 Å². The van der Waals surface area contributed by atoms with Gasteiger partial charge in [0.25, 0.3) is 0 Å². The Balaban J connectivity index is 1.81. The lowest BCUT2D eigenvalue weighted by Crippen LogP contribution is -2.00. The van der Waals surface area contributed by atoms with Gasteiger partial charge in [-0.2, -0.15) is 0 Å². The lowest BCUT2D eigenvalue weighted by molar-refractivity contribution is 0.537. The Hall–Kier alpha value is -3.21. The van der Waals surface area contributed by atoms with Crippen molar-refractivity contribution < 1.29 is 8.76 Å². The van der Waals surface area contributed by atoms with E-state index in [0.717, 1.165) is 44.2 Å². The molecule has 1 aromatic heterocycles. The number of para-hydroxylation sites is 2. The SMILES string of the molecule is Cc1ccccc1-c1ccc(-n2c3ccccc3c3ccccc32)cc1S(=O)[O-]. The monoisotopic (exact) mass is 396 g/mol. The summed E-state index contributed by atoms with van der Waals surface area (Å²) in [5.41, 5.74) is 5.64. The second kappa shape index (κ2) is 6.99. The van der Waals surface area contributed by atoms with Gasteiger partial charge in [-0.3, -0.25) is 4.21 Å². The molecule has 0 saturated carbocycles. The minimum atomic E-state index is -2.35. The van der Waals surface area contributed by atoms with Crippen LogP contribution in [0.25, 0.3) is 38.6 Å². The van der Waals surface area contributed by atoms with Crippen LogP contribution in [0.4, 0.5) is 0 Å². The Morgan fingerprint density at radius 1 is 0.724 bits per heavy atom. The fourth-order valence-electron chi connectivity index (χ4n) is 4.09. The first kappa shape index (κ1) is 17.9. The molecule has 3 nitrogen and oxygen atoms in total. The van der Waals surface area contributed by atoms with Crippen molar-refractivity contribution in [1.29, 1.82) is 0 Å². The summed E-state index contributed by atoms with van der Waals surface area (Å²) in [4.78, 5) is 0.304. The molecule has 0 spiro atoms. The van der Waals surface area contributed by atoms with Crippen molar-refractivity contribution in [3.8, 4) is 16.8 Å². The van der Waals surface area contributed by atoms with Crippen LogP contribution in [0.3, 0.4) is 0 Å². The van der Waals surface area contributed by atoms with Crippen LogP contribution in [0, 0.1) is 6.92 Å². The first-order valence-electron chi connectivity index (χ1n) is 9.43. The lowest BCUT2D eigenvalue weighted by Gasteiger charge is -2.17. The number of hydrogen-bond acceptors (Lipinski definition) is 2. The average molecular weight is 396 g/mol. The highest BCUT2D eigenvalue weighted by molar-refractivity contribution is 7.79. The van der Waals surface area contributed by atoms with Crippen LogP contribution < -0.4 is 0 Å². The quantitative estimate of drug-likeness (QED) is 0.351. The van der Waals surface area contributed by atoms with E-state index < -0.39 is 11.1 Å². The van der Waals surface area contributed by atoms with Crippen LogP contribution in [0.2, 0.25) is 0 Å². The van der Waals surface area contributed by atoms with Gasteiger partial charge in [-0.25, -0.2) is 0 Å². The van der Waals surface area contributed by atoms with Crippen molar-refractivity contribution in [3.63, 3.8) is 0 Å². The van der Waals surface area contributed by atoms with E-state index in [1.54, 1.807) is 6.07 Å². The van der Waals surface area contributed by atoms with Gasteiger partial charge in [-0.15, -0.1) is 0 Å². The van der Waals surface area contributed by atoms with E-state index in [9.17, 15) is 8.76 Å². The maximum Gasteiger partial charge on any atom is 0.0541 e. The van der Waals surface area contributed by atoms with Crippen molar-refractivity contribution in [1.82, 2.24) is 4.57 Å². The molecule has 0 aliphatic rings. The Morgan fingerprint density at radius 2 is 1.31 bits per heavy atom. The largest absolute Gasteiger partial charge is 0.768 e. The molecule has 1 heterocycles. The van der Waals surface area contributed by atoms with Gasteiger partial charge in [0.05, 0.1) is 11.0 Å². The molecule has 0 amide bonds. The van der Waals surface area contributed by atoms with Crippen LogP contribution in [-0.4, -0.2) is 13.3 Å². The van der Waals surface area contributed by atoms with Crippen LogP contribution in [0.1, 0.15) is 5.56 Å². The number of benzene rings is 4. The molecular formula is C25H18NO2S-. The maximum atomic E-state index is 12.1. The van der Waals surface area contributed by atoms with E-state index >= 15 is 0 Å². The molecule has 0 aliphatic heterocycles. The van der Waals surface area contributed by atoms with Gasteiger partial charge in [0.15, 0.2) is 0 Å². The van der Waals surface area contributed by atoms with E-state index in [1.807, 2.05) is 67.6 Å². The van der Waals surface area contributed by atoms with E-state index in [2.05, 4.69) is 28.8 Å². The molecule has 0 N–H and O–H groups in total. The number of nitrogens with zero attached hydrogens (tertiary/aromatic N) is 1. The molecule has 142 valence electrons. The zero-order chi connectivity index (χ0) is 20.0. The Bertz CT molecular complexity index is 1350. The molecule has 4 heteroatoms. The summed E-state index contributed by atoms with van der Waals surface area (Å²) in [5.74, 6) is 0. The molecule has 0 aliphatic carbocycles. The fraction of sp³-hybridized carbons (Fsp3) is 0.0400. The third kappa shape index (κ3) is 2.89. The number of aryl methyl sites for hydroxylation is 1. The van der Waals surface area contributed by atoms with Crippen LogP contribution >= 0.6 is 0 Å². The van der Waals surface area contributed by atoms with Gasteiger partial charge in [0.1, 0.15) is 0 Å². The summed E-state index contributed by atoms with van der Waals surface area (Å²) >= 11 is -2.35. The van der Waals surface area contributed by atoms with E-state index in [1.165, 1.54) is 0 Å². The molecular weight excluding hydrogens is 378 g/mol. The van der Waals surface area contributed by atoms with Gasteiger partial charge < -0.3 is 9.12 Å². The van der Waals surface area contributed by atoms with E-state index in [0.29, 0.717) is 4.90 Å². The van der Waals surface area contributed by atoms with Gasteiger partial charge in [0, 0.05) is 21.4 Å². The van der Waals surface area contributed by atoms with Gasteiger partial charge in [0.2, 0.25) is 0 Å². The maximum absolute atomic E-state index is 12.1. The Labute approximate surface area is 171 Å². The number of rotatable bonds is 3. The summed E-state index contributed by atoms with van der Waals surface area (Å²) in [6.45, 7) is 1.99. The zero-order valence-corrected chi connectivity index (χ0v) is 16.6. The van der Waals surface area contributed by atoms with Gasteiger partial charge in [-0.05, 0) is 59.0 Å². The highest BCUT2D eigenvalue weighted by Crippen LogP contribution is 2.35. The highest BCUT2D eigenvalue weighted by atomic mass is 32.2. The van der Waals surface area contributed by atoms with Gasteiger partial charge >= 0.3 is 0 Å². The topological polar surface area (TPSA) is 45.1 Å². The summed E-state index contributed by atoms with van der Waals surface area (Å²) in [5, 5.41) is 2.30. The van der Waals surface area contributed by atoms with Crippen LogP contribution in [0.5, 0.6) is 0 Å². The molecule has 0 fully saturated rings. The van der Waals surface area contributed by atoms with Crippen LogP contribution in [0.15, 0.2) is 95.9 Å². The van der Waals surface area contributed by atoms with Crippen LogP contribution in [-0.2, 0) is 11.1 Å². The molecule has 29 heavy (non-hydrogen) atoms. The van der Waals surface area contributed by atoms with E-state index in [-0.39, 0.29) is 0 Å². The summed E-state index contributed by atoms with van der Waals surface area (Å²) in [6.07, 6.45) is 0. The average Bonchev–Trinajstić information content (AvgIpc) is 3.08. The predicted octanol–water partition coefficient (Wildman–Crippen LogP) is 6.00. The molecule has 0 bridgehead atoms. The normalized spacial score (nSPS) is 12.5. The van der Waals surface area contributed by atoms with Crippen molar-refractivity contribution in [2.75, 3.05) is 0 Å². The molecule has 0 saturated heterocycles. The molecule has 5 aromatic rings. The minimum Gasteiger partial charge on any atom is -0.768 e. The third-order valence-electron chi connectivity index (χ3n) is 5.42. The highest BCUT2D eigenvalue weighted by Gasteiger charge is 2.14.